The lowest BCUT2D eigenvalue weighted by molar-refractivity contribution is -0.130. The molecule has 90 valence electrons. The molecule has 1 unspecified atom stereocenters. The van der Waals surface area contributed by atoms with Crippen LogP contribution in [0.4, 0.5) is 0 Å². The molecule has 0 saturated carbocycles. The summed E-state index contributed by atoms with van der Waals surface area (Å²) in [4.78, 5) is 13.1. The largest absolute Gasteiger partial charge is 0.347 e. The molecule has 1 heterocycles. The van der Waals surface area contributed by atoms with Crippen molar-refractivity contribution in [3.8, 4) is 0 Å². The van der Waals surface area contributed by atoms with Crippen LogP contribution < -0.4 is 5.32 Å². The van der Waals surface area contributed by atoms with Crippen molar-refractivity contribution in [2.45, 2.75) is 19.4 Å². The molecule has 0 aliphatic rings. The fraction of sp³-hybridized carbons (Fsp3) is 0.700. The zero-order valence-corrected chi connectivity index (χ0v) is 10.3. The van der Waals surface area contributed by atoms with E-state index in [0.717, 1.165) is 12.2 Å². The second-order valence-corrected chi connectivity index (χ2v) is 4.02. The van der Waals surface area contributed by atoms with Crippen molar-refractivity contribution >= 4 is 5.91 Å². The summed E-state index contributed by atoms with van der Waals surface area (Å²) >= 11 is 0. The van der Waals surface area contributed by atoms with Gasteiger partial charge in [0, 0.05) is 34.1 Å². The highest BCUT2D eigenvalue weighted by Gasteiger charge is 2.13. The van der Waals surface area contributed by atoms with Gasteiger partial charge in [-0.05, 0) is 6.92 Å². The monoisotopic (exact) mass is 225 g/mol. The zero-order chi connectivity index (χ0) is 12.1. The van der Waals surface area contributed by atoms with E-state index in [2.05, 4.69) is 15.5 Å². The van der Waals surface area contributed by atoms with Crippen molar-refractivity contribution in [3.63, 3.8) is 0 Å². The van der Waals surface area contributed by atoms with Gasteiger partial charge < -0.3 is 14.8 Å². The Morgan fingerprint density at radius 3 is 2.81 bits per heavy atom. The van der Waals surface area contributed by atoms with Crippen LogP contribution in [0, 0.1) is 0 Å². The average Bonchev–Trinajstić information content (AvgIpc) is 2.63. The van der Waals surface area contributed by atoms with Gasteiger partial charge in [0.05, 0.1) is 6.04 Å². The van der Waals surface area contributed by atoms with Crippen LogP contribution in [-0.2, 0) is 18.3 Å². The number of aromatic nitrogens is 3. The van der Waals surface area contributed by atoms with Crippen LogP contribution in [0.5, 0.6) is 0 Å². The van der Waals surface area contributed by atoms with Gasteiger partial charge in [-0.25, -0.2) is 0 Å². The number of amides is 1. The van der Waals surface area contributed by atoms with Gasteiger partial charge in [0.25, 0.3) is 0 Å². The van der Waals surface area contributed by atoms with E-state index in [4.69, 9.17) is 0 Å². The minimum absolute atomic E-state index is 0.0814. The number of hydrogen-bond donors (Lipinski definition) is 1. The van der Waals surface area contributed by atoms with E-state index in [1.165, 1.54) is 0 Å². The number of carbonyl (C=O) groups excluding carboxylic acids is 1. The Morgan fingerprint density at radius 2 is 2.31 bits per heavy atom. The number of nitrogens with one attached hydrogen (secondary N) is 1. The summed E-state index contributed by atoms with van der Waals surface area (Å²) in [6, 6.07) is -0.164. The Kier molecular flexibility index (Phi) is 4.42. The standard InChI is InChI=1S/C10H19N5O/c1-8(10(16)14(2)3)11-6-5-9-13-12-7-15(9)4/h7-8,11H,5-6H2,1-4H3. The second-order valence-electron chi connectivity index (χ2n) is 4.02. The minimum atomic E-state index is -0.164. The van der Waals surface area contributed by atoms with Gasteiger partial charge in [-0.2, -0.15) is 0 Å². The van der Waals surface area contributed by atoms with Gasteiger partial charge in [-0.1, -0.05) is 0 Å². The fourth-order valence-electron chi connectivity index (χ4n) is 1.41. The number of aryl methyl sites for hydroxylation is 1. The lowest BCUT2D eigenvalue weighted by atomic mass is 10.3. The Hall–Kier alpha value is -1.43. The quantitative estimate of drug-likeness (QED) is 0.728. The summed E-state index contributed by atoms with van der Waals surface area (Å²) < 4.78 is 1.88. The van der Waals surface area contributed by atoms with Gasteiger partial charge in [-0.3, -0.25) is 4.79 Å². The van der Waals surface area contributed by atoms with Crippen LogP contribution in [0.25, 0.3) is 0 Å². The van der Waals surface area contributed by atoms with Gasteiger partial charge in [0.2, 0.25) is 5.91 Å². The van der Waals surface area contributed by atoms with Crippen LogP contribution in [0.2, 0.25) is 0 Å². The first-order valence-electron chi connectivity index (χ1n) is 5.29. The maximum Gasteiger partial charge on any atom is 0.238 e. The predicted octanol–water partition coefficient (Wildman–Crippen LogP) is -0.576. The van der Waals surface area contributed by atoms with Gasteiger partial charge >= 0.3 is 0 Å². The summed E-state index contributed by atoms with van der Waals surface area (Å²) in [5.74, 6) is 0.995. The third-order valence-corrected chi connectivity index (χ3v) is 2.42. The molecule has 0 radical (unpaired) electrons. The normalized spacial score (nSPS) is 12.5. The van der Waals surface area contributed by atoms with E-state index in [1.54, 1.807) is 25.3 Å². The molecule has 0 bridgehead atoms. The van der Waals surface area contributed by atoms with Crippen LogP contribution in [-0.4, -0.2) is 52.3 Å². The highest BCUT2D eigenvalue weighted by Crippen LogP contribution is 1.93. The van der Waals surface area contributed by atoms with E-state index in [9.17, 15) is 4.79 Å². The third kappa shape index (κ3) is 3.30. The summed E-state index contributed by atoms with van der Waals surface area (Å²) in [5.41, 5.74) is 0. The lowest BCUT2D eigenvalue weighted by Crippen LogP contribution is -2.42. The first-order chi connectivity index (χ1) is 7.52. The number of likely N-dealkylation sites (N-methyl/N-ethyl adjacent to an activating group) is 1. The van der Waals surface area contributed by atoms with Gasteiger partial charge in [-0.15, -0.1) is 10.2 Å². The molecule has 1 rings (SSSR count). The number of carbonyl (C=O) groups is 1. The van der Waals surface area contributed by atoms with Crippen LogP contribution in [0.1, 0.15) is 12.7 Å². The average molecular weight is 225 g/mol. The SMILES string of the molecule is CC(NCCc1nncn1C)C(=O)N(C)C. The third-order valence-electron chi connectivity index (χ3n) is 2.42. The number of nitrogens with zero attached hydrogens (tertiary/aromatic N) is 4. The maximum absolute atomic E-state index is 11.5. The van der Waals surface area contributed by atoms with Crippen LogP contribution in [0.15, 0.2) is 6.33 Å². The van der Waals surface area contributed by atoms with Crippen LogP contribution >= 0.6 is 0 Å². The molecular weight excluding hydrogens is 206 g/mol. The summed E-state index contributed by atoms with van der Waals surface area (Å²) in [7, 11) is 5.41. The molecule has 0 saturated heterocycles. The zero-order valence-electron chi connectivity index (χ0n) is 10.3. The maximum atomic E-state index is 11.5. The van der Waals surface area contributed by atoms with E-state index < -0.39 is 0 Å². The molecule has 16 heavy (non-hydrogen) atoms. The molecule has 0 aliphatic carbocycles. The molecule has 1 aromatic rings. The van der Waals surface area contributed by atoms with E-state index >= 15 is 0 Å². The van der Waals surface area contributed by atoms with E-state index in [0.29, 0.717) is 6.54 Å². The van der Waals surface area contributed by atoms with Crippen LogP contribution in [0.3, 0.4) is 0 Å². The minimum Gasteiger partial charge on any atom is -0.347 e. The van der Waals surface area contributed by atoms with Crippen molar-refractivity contribution in [1.29, 1.82) is 0 Å². The van der Waals surface area contributed by atoms with Crippen molar-refractivity contribution < 1.29 is 4.79 Å². The summed E-state index contributed by atoms with van der Waals surface area (Å²) in [5, 5.41) is 10.9. The molecule has 0 fully saturated rings. The van der Waals surface area contributed by atoms with Crippen molar-refractivity contribution in [2.24, 2.45) is 7.05 Å². The highest BCUT2D eigenvalue weighted by molar-refractivity contribution is 5.80. The van der Waals surface area contributed by atoms with Gasteiger partial charge in [0.1, 0.15) is 12.2 Å². The number of hydrogen-bond acceptors (Lipinski definition) is 4. The lowest BCUT2D eigenvalue weighted by Gasteiger charge is -2.17. The van der Waals surface area contributed by atoms with Crippen molar-refractivity contribution in [3.05, 3.63) is 12.2 Å². The Bertz CT molecular complexity index is 347. The molecule has 0 spiro atoms. The Morgan fingerprint density at radius 1 is 1.62 bits per heavy atom. The predicted molar refractivity (Wildman–Crippen MR) is 60.9 cm³/mol. The molecule has 1 amide bonds. The van der Waals surface area contributed by atoms with E-state index in [-0.39, 0.29) is 11.9 Å². The van der Waals surface area contributed by atoms with Crippen molar-refractivity contribution in [1.82, 2.24) is 25.0 Å². The number of rotatable bonds is 5. The molecule has 6 nitrogen and oxygen atoms in total. The topological polar surface area (TPSA) is 63.1 Å². The van der Waals surface area contributed by atoms with Gasteiger partial charge in [0.15, 0.2) is 0 Å². The molecule has 1 N–H and O–H groups in total. The summed E-state index contributed by atoms with van der Waals surface area (Å²) in [6.07, 6.45) is 2.44. The Balaban J connectivity index is 2.31. The first kappa shape index (κ1) is 12.6. The molecule has 1 aromatic heterocycles. The highest BCUT2D eigenvalue weighted by atomic mass is 16.2. The first-order valence-corrected chi connectivity index (χ1v) is 5.29. The smallest absolute Gasteiger partial charge is 0.238 e. The molecule has 1 atom stereocenters. The molecular formula is C10H19N5O. The Labute approximate surface area is 95.6 Å². The molecule has 0 aromatic carbocycles. The molecule has 6 heteroatoms. The second kappa shape index (κ2) is 5.60. The van der Waals surface area contributed by atoms with E-state index in [1.807, 2.05) is 18.5 Å². The molecule has 0 aliphatic heterocycles. The fourth-order valence-corrected chi connectivity index (χ4v) is 1.41. The van der Waals surface area contributed by atoms with Crippen molar-refractivity contribution in [2.75, 3.05) is 20.6 Å². The summed E-state index contributed by atoms with van der Waals surface area (Å²) in [6.45, 7) is 2.58.